The fourth-order valence-electron chi connectivity index (χ4n) is 1.43. The molecule has 1 nitrogen and oxygen atoms in total. The molecule has 0 radical (unpaired) electrons. The maximum absolute atomic E-state index is 3.23. The number of rotatable bonds is 4. The molecule has 0 aliphatic rings. The van der Waals surface area contributed by atoms with Crippen LogP contribution in [0.5, 0.6) is 0 Å². The predicted octanol–water partition coefficient (Wildman–Crippen LogP) is 2.54. The van der Waals surface area contributed by atoms with E-state index in [1.807, 2.05) is 18.4 Å². The van der Waals surface area contributed by atoms with E-state index in [4.69, 9.17) is 0 Å². The number of hydrogen-bond donors (Lipinski definition) is 1. The van der Waals surface area contributed by atoms with Crippen LogP contribution < -0.4 is 5.32 Å². The lowest BCUT2D eigenvalue weighted by molar-refractivity contribution is 0.352. The zero-order chi connectivity index (χ0) is 9.03. The molecule has 0 spiro atoms. The molecule has 0 fully saturated rings. The van der Waals surface area contributed by atoms with Crippen molar-refractivity contribution in [3.8, 4) is 0 Å². The first kappa shape index (κ1) is 9.75. The first-order valence-corrected chi connectivity index (χ1v) is 5.19. The van der Waals surface area contributed by atoms with Crippen LogP contribution in [0.1, 0.15) is 18.7 Å². The van der Waals surface area contributed by atoms with Gasteiger partial charge in [0.2, 0.25) is 0 Å². The molecule has 0 aliphatic heterocycles. The maximum Gasteiger partial charge on any atom is 0.00510 e. The van der Waals surface area contributed by atoms with Crippen molar-refractivity contribution in [2.75, 3.05) is 13.6 Å². The highest BCUT2D eigenvalue weighted by Gasteiger charge is 2.17. The molecule has 0 bridgehead atoms. The number of hydrogen-bond acceptors (Lipinski definition) is 2. The van der Waals surface area contributed by atoms with Crippen molar-refractivity contribution in [3.63, 3.8) is 0 Å². The van der Waals surface area contributed by atoms with Gasteiger partial charge in [-0.2, -0.15) is 0 Å². The maximum atomic E-state index is 3.23. The lowest BCUT2D eigenvalue weighted by atomic mass is 9.89. The van der Waals surface area contributed by atoms with Crippen LogP contribution in [0, 0.1) is 5.41 Å². The zero-order valence-corrected chi connectivity index (χ0v) is 8.87. The third-order valence-corrected chi connectivity index (χ3v) is 2.76. The fraction of sp³-hybridized carbons (Fsp3) is 0.600. The second-order valence-corrected chi connectivity index (χ2v) is 4.98. The summed E-state index contributed by atoms with van der Waals surface area (Å²) in [6.07, 6.45) is 1.17. The Bertz CT molecular complexity index is 214. The van der Waals surface area contributed by atoms with Gasteiger partial charge in [-0.3, -0.25) is 0 Å². The normalized spacial score (nSPS) is 11.9. The summed E-state index contributed by atoms with van der Waals surface area (Å²) in [4.78, 5) is 1.48. The van der Waals surface area contributed by atoms with E-state index >= 15 is 0 Å². The van der Waals surface area contributed by atoms with E-state index < -0.39 is 0 Å². The Morgan fingerprint density at radius 1 is 1.50 bits per heavy atom. The van der Waals surface area contributed by atoms with Crippen LogP contribution in [0.3, 0.4) is 0 Å². The summed E-state index contributed by atoms with van der Waals surface area (Å²) in [7, 11) is 2.01. The summed E-state index contributed by atoms with van der Waals surface area (Å²) in [6.45, 7) is 5.66. The quantitative estimate of drug-likeness (QED) is 0.756. The van der Waals surface area contributed by atoms with Crippen LogP contribution >= 0.6 is 11.3 Å². The Morgan fingerprint density at radius 2 is 2.25 bits per heavy atom. The second-order valence-electron chi connectivity index (χ2n) is 3.95. The van der Waals surface area contributed by atoms with Crippen molar-refractivity contribution in [3.05, 3.63) is 22.4 Å². The van der Waals surface area contributed by atoms with Crippen molar-refractivity contribution in [2.45, 2.75) is 20.3 Å². The molecule has 0 unspecified atom stereocenters. The molecule has 2 heteroatoms. The van der Waals surface area contributed by atoms with Gasteiger partial charge < -0.3 is 5.32 Å². The van der Waals surface area contributed by atoms with E-state index in [-0.39, 0.29) is 0 Å². The Morgan fingerprint density at radius 3 is 2.75 bits per heavy atom. The molecule has 12 heavy (non-hydrogen) atoms. The van der Waals surface area contributed by atoms with Gasteiger partial charge in [-0.05, 0) is 30.3 Å². The molecule has 1 rings (SSSR count). The van der Waals surface area contributed by atoms with Gasteiger partial charge in [0.1, 0.15) is 0 Å². The molecule has 0 saturated carbocycles. The third-order valence-electron chi connectivity index (χ3n) is 1.89. The van der Waals surface area contributed by atoms with Crippen molar-refractivity contribution >= 4 is 11.3 Å². The minimum absolute atomic E-state index is 0.375. The predicted molar refractivity (Wildman–Crippen MR) is 55.7 cm³/mol. The molecule has 0 atom stereocenters. The van der Waals surface area contributed by atoms with Gasteiger partial charge in [0, 0.05) is 11.4 Å². The van der Waals surface area contributed by atoms with Gasteiger partial charge in [0.05, 0.1) is 0 Å². The Hall–Kier alpha value is -0.340. The lowest BCUT2D eigenvalue weighted by Gasteiger charge is -2.23. The van der Waals surface area contributed by atoms with Gasteiger partial charge >= 0.3 is 0 Å². The summed E-state index contributed by atoms with van der Waals surface area (Å²) >= 11 is 1.85. The summed E-state index contributed by atoms with van der Waals surface area (Å²) in [5, 5.41) is 5.37. The van der Waals surface area contributed by atoms with E-state index in [0.717, 1.165) is 6.54 Å². The molecule has 1 heterocycles. The van der Waals surface area contributed by atoms with Crippen molar-refractivity contribution < 1.29 is 0 Å². The van der Waals surface area contributed by atoms with E-state index in [1.54, 1.807) is 0 Å². The van der Waals surface area contributed by atoms with Gasteiger partial charge in [0.15, 0.2) is 0 Å². The van der Waals surface area contributed by atoms with E-state index in [9.17, 15) is 0 Å². The molecular weight excluding hydrogens is 166 g/mol. The standard InChI is InChI=1S/C10H17NS/c1-10(2,8-11-3)7-9-5-4-6-12-9/h4-6,11H,7-8H2,1-3H3. The summed E-state index contributed by atoms with van der Waals surface area (Å²) in [5.41, 5.74) is 0.375. The van der Waals surface area contributed by atoms with Crippen LogP contribution in [0.2, 0.25) is 0 Å². The molecule has 0 aliphatic carbocycles. The molecular formula is C10H17NS. The summed E-state index contributed by atoms with van der Waals surface area (Å²) in [5.74, 6) is 0. The topological polar surface area (TPSA) is 12.0 Å². The Kier molecular flexibility index (Phi) is 3.29. The molecule has 1 aromatic rings. The average Bonchev–Trinajstić information content (AvgIpc) is 2.38. The van der Waals surface area contributed by atoms with E-state index in [2.05, 4.69) is 36.7 Å². The highest BCUT2D eigenvalue weighted by molar-refractivity contribution is 7.09. The van der Waals surface area contributed by atoms with E-state index in [0.29, 0.717) is 5.41 Å². The molecule has 1 N–H and O–H groups in total. The summed E-state index contributed by atoms with van der Waals surface area (Å²) in [6, 6.07) is 4.33. The third kappa shape index (κ3) is 2.95. The van der Waals surface area contributed by atoms with Crippen LogP contribution in [0.25, 0.3) is 0 Å². The van der Waals surface area contributed by atoms with E-state index in [1.165, 1.54) is 11.3 Å². The smallest absolute Gasteiger partial charge is 0.00510 e. The molecule has 1 aromatic heterocycles. The van der Waals surface area contributed by atoms with Gasteiger partial charge in [0.25, 0.3) is 0 Å². The fourth-order valence-corrected chi connectivity index (χ4v) is 2.39. The molecule has 68 valence electrons. The average molecular weight is 183 g/mol. The molecule has 0 saturated heterocycles. The minimum Gasteiger partial charge on any atom is -0.319 e. The van der Waals surface area contributed by atoms with Crippen LogP contribution in [-0.2, 0) is 6.42 Å². The Labute approximate surface area is 78.8 Å². The van der Waals surface area contributed by atoms with Crippen molar-refractivity contribution in [1.29, 1.82) is 0 Å². The van der Waals surface area contributed by atoms with Gasteiger partial charge in [-0.25, -0.2) is 0 Å². The molecule has 0 amide bonds. The number of nitrogens with one attached hydrogen (secondary N) is 1. The minimum atomic E-state index is 0.375. The van der Waals surface area contributed by atoms with Gasteiger partial charge in [-0.15, -0.1) is 11.3 Å². The number of thiophene rings is 1. The van der Waals surface area contributed by atoms with Crippen molar-refractivity contribution in [2.24, 2.45) is 5.41 Å². The largest absolute Gasteiger partial charge is 0.319 e. The van der Waals surface area contributed by atoms with Gasteiger partial charge in [-0.1, -0.05) is 19.9 Å². The van der Waals surface area contributed by atoms with Crippen LogP contribution in [0.4, 0.5) is 0 Å². The zero-order valence-electron chi connectivity index (χ0n) is 8.05. The molecule has 0 aromatic carbocycles. The lowest BCUT2D eigenvalue weighted by Crippen LogP contribution is -2.28. The van der Waals surface area contributed by atoms with Crippen molar-refractivity contribution in [1.82, 2.24) is 5.32 Å². The summed E-state index contributed by atoms with van der Waals surface area (Å²) < 4.78 is 0. The first-order chi connectivity index (χ1) is 5.64. The Balaban J connectivity index is 2.50. The van der Waals surface area contributed by atoms with Crippen LogP contribution in [-0.4, -0.2) is 13.6 Å². The first-order valence-electron chi connectivity index (χ1n) is 4.31. The highest BCUT2D eigenvalue weighted by Crippen LogP contribution is 2.23. The monoisotopic (exact) mass is 183 g/mol. The second kappa shape index (κ2) is 4.06. The SMILES string of the molecule is CNCC(C)(C)Cc1cccs1. The highest BCUT2D eigenvalue weighted by atomic mass is 32.1. The van der Waals surface area contributed by atoms with Crippen LogP contribution in [0.15, 0.2) is 17.5 Å².